The molecular formula is C22H26N2O3. The zero-order valence-corrected chi connectivity index (χ0v) is 15.9. The van der Waals surface area contributed by atoms with E-state index in [2.05, 4.69) is 5.32 Å². The lowest BCUT2D eigenvalue weighted by molar-refractivity contribution is -0.126. The molecule has 2 amide bonds. The van der Waals surface area contributed by atoms with Crippen molar-refractivity contribution in [2.24, 2.45) is 5.92 Å². The van der Waals surface area contributed by atoms with Crippen LogP contribution in [-0.4, -0.2) is 31.0 Å². The molecular weight excluding hydrogens is 340 g/mol. The number of carbonyl (C=O) groups excluding carboxylic acids is 2. The molecule has 0 aliphatic carbocycles. The van der Waals surface area contributed by atoms with Gasteiger partial charge in [-0.3, -0.25) is 9.59 Å². The molecule has 1 aliphatic heterocycles. The van der Waals surface area contributed by atoms with E-state index in [9.17, 15) is 9.59 Å². The second kappa shape index (κ2) is 8.71. The van der Waals surface area contributed by atoms with Crippen molar-refractivity contribution in [3.8, 4) is 5.75 Å². The molecule has 0 saturated carbocycles. The minimum absolute atomic E-state index is 0.0178. The molecule has 1 heterocycles. The molecule has 1 aliphatic rings. The third-order valence-electron chi connectivity index (χ3n) is 4.57. The topological polar surface area (TPSA) is 58.6 Å². The van der Waals surface area contributed by atoms with E-state index in [1.165, 1.54) is 5.56 Å². The van der Waals surface area contributed by atoms with E-state index < -0.39 is 0 Å². The van der Waals surface area contributed by atoms with Crippen LogP contribution in [0.1, 0.15) is 25.8 Å². The third-order valence-corrected chi connectivity index (χ3v) is 4.57. The van der Waals surface area contributed by atoms with Crippen LogP contribution in [0.2, 0.25) is 0 Å². The molecule has 1 atom stereocenters. The van der Waals surface area contributed by atoms with Crippen LogP contribution in [0.5, 0.6) is 5.75 Å². The lowest BCUT2D eigenvalue weighted by Gasteiger charge is -2.18. The summed E-state index contributed by atoms with van der Waals surface area (Å²) in [4.78, 5) is 26.5. The summed E-state index contributed by atoms with van der Waals surface area (Å²) in [5, 5.41) is 2.96. The second-order valence-corrected chi connectivity index (χ2v) is 7.09. The van der Waals surface area contributed by atoms with Gasteiger partial charge in [-0.25, -0.2) is 0 Å². The number of carbonyl (C=O) groups is 2. The van der Waals surface area contributed by atoms with E-state index in [-0.39, 0.29) is 30.3 Å². The molecule has 1 N–H and O–H groups in total. The van der Waals surface area contributed by atoms with Gasteiger partial charge >= 0.3 is 0 Å². The van der Waals surface area contributed by atoms with E-state index in [1.54, 1.807) is 4.90 Å². The van der Waals surface area contributed by atoms with Crippen molar-refractivity contribution in [2.75, 3.05) is 18.0 Å². The second-order valence-electron chi connectivity index (χ2n) is 7.09. The van der Waals surface area contributed by atoms with E-state index in [0.29, 0.717) is 13.1 Å². The largest absolute Gasteiger partial charge is 0.491 e. The summed E-state index contributed by atoms with van der Waals surface area (Å²) in [5.41, 5.74) is 1.99. The minimum atomic E-state index is -0.306. The molecule has 27 heavy (non-hydrogen) atoms. The number of nitrogens with zero attached hydrogens (tertiary/aromatic N) is 1. The maximum absolute atomic E-state index is 12.4. The molecule has 5 nitrogen and oxygen atoms in total. The summed E-state index contributed by atoms with van der Waals surface area (Å²) < 4.78 is 5.63. The predicted molar refractivity (Wildman–Crippen MR) is 106 cm³/mol. The molecule has 0 bridgehead atoms. The van der Waals surface area contributed by atoms with Crippen molar-refractivity contribution in [3.63, 3.8) is 0 Å². The van der Waals surface area contributed by atoms with Crippen molar-refractivity contribution in [1.82, 2.24) is 5.32 Å². The fourth-order valence-corrected chi connectivity index (χ4v) is 3.23. The van der Waals surface area contributed by atoms with Gasteiger partial charge in [-0.2, -0.15) is 0 Å². The highest BCUT2D eigenvalue weighted by Gasteiger charge is 2.34. The van der Waals surface area contributed by atoms with Crippen molar-refractivity contribution in [2.45, 2.75) is 32.8 Å². The molecule has 0 radical (unpaired) electrons. The molecule has 2 aromatic carbocycles. The standard InChI is InChI=1S/C22H26N2O3/c1-16(2)27-20-10-8-19(9-11-20)24-15-18(14-21(24)25)22(26)23-13-12-17-6-4-3-5-7-17/h3-11,16,18H,12-15H2,1-2H3,(H,23,26)/t18-/m1/s1. The molecule has 5 heteroatoms. The number of hydrogen-bond donors (Lipinski definition) is 1. The summed E-state index contributed by atoms with van der Waals surface area (Å²) in [6.45, 7) is 4.94. The zero-order chi connectivity index (χ0) is 19.2. The van der Waals surface area contributed by atoms with Gasteiger partial charge < -0.3 is 15.0 Å². The van der Waals surface area contributed by atoms with E-state index in [1.807, 2.05) is 68.4 Å². The molecule has 0 unspecified atom stereocenters. The molecule has 0 aromatic heterocycles. The Labute approximate surface area is 160 Å². The van der Waals surface area contributed by atoms with Gasteiger partial charge in [-0.1, -0.05) is 30.3 Å². The predicted octanol–water partition coefficient (Wildman–Crippen LogP) is 3.19. The number of benzene rings is 2. The first-order valence-corrected chi connectivity index (χ1v) is 9.41. The number of nitrogens with one attached hydrogen (secondary N) is 1. The van der Waals surface area contributed by atoms with Gasteiger partial charge in [0.2, 0.25) is 11.8 Å². The highest BCUT2D eigenvalue weighted by atomic mass is 16.5. The number of amides is 2. The van der Waals surface area contributed by atoms with Crippen LogP contribution in [-0.2, 0) is 16.0 Å². The summed E-state index contributed by atoms with van der Waals surface area (Å²) in [6.07, 6.45) is 1.14. The van der Waals surface area contributed by atoms with Crippen LogP contribution in [0.25, 0.3) is 0 Å². The number of hydrogen-bond acceptors (Lipinski definition) is 3. The maximum atomic E-state index is 12.4. The van der Waals surface area contributed by atoms with Crippen molar-refractivity contribution < 1.29 is 14.3 Å². The van der Waals surface area contributed by atoms with Gasteiger partial charge in [0.1, 0.15) is 5.75 Å². The van der Waals surface area contributed by atoms with E-state index in [4.69, 9.17) is 4.74 Å². The molecule has 1 saturated heterocycles. The van der Waals surface area contributed by atoms with Gasteiger partial charge in [0.05, 0.1) is 12.0 Å². The van der Waals surface area contributed by atoms with Crippen molar-refractivity contribution in [1.29, 1.82) is 0 Å². The van der Waals surface area contributed by atoms with Gasteiger partial charge in [-0.05, 0) is 50.1 Å². The fraction of sp³-hybridized carbons (Fsp3) is 0.364. The van der Waals surface area contributed by atoms with Crippen LogP contribution < -0.4 is 15.0 Å². The highest BCUT2D eigenvalue weighted by molar-refractivity contribution is 6.00. The minimum Gasteiger partial charge on any atom is -0.491 e. The molecule has 0 spiro atoms. The molecule has 3 rings (SSSR count). The summed E-state index contributed by atoms with van der Waals surface area (Å²) in [5.74, 6) is 0.396. The SMILES string of the molecule is CC(C)Oc1ccc(N2C[C@H](C(=O)NCCc3ccccc3)CC2=O)cc1. The van der Waals surface area contributed by atoms with E-state index >= 15 is 0 Å². The van der Waals surface area contributed by atoms with Gasteiger partial charge in [0.15, 0.2) is 0 Å². The lowest BCUT2D eigenvalue weighted by Crippen LogP contribution is -2.34. The van der Waals surface area contributed by atoms with E-state index in [0.717, 1.165) is 17.9 Å². The van der Waals surface area contributed by atoms with Gasteiger partial charge in [0, 0.05) is 25.2 Å². The van der Waals surface area contributed by atoms with Crippen LogP contribution in [0.3, 0.4) is 0 Å². The fourth-order valence-electron chi connectivity index (χ4n) is 3.23. The zero-order valence-electron chi connectivity index (χ0n) is 15.9. The number of ether oxygens (including phenoxy) is 1. The number of anilines is 1. The summed E-state index contributed by atoms with van der Waals surface area (Å²) in [6, 6.07) is 17.5. The maximum Gasteiger partial charge on any atom is 0.227 e. The Kier molecular flexibility index (Phi) is 6.12. The number of rotatable bonds is 7. The normalized spacial score (nSPS) is 16.6. The van der Waals surface area contributed by atoms with Crippen LogP contribution >= 0.6 is 0 Å². The average Bonchev–Trinajstić information content (AvgIpc) is 3.04. The Balaban J connectivity index is 1.52. The first-order valence-electron chi connectivity index (χ1n) is 9.41. The Hall–Kier alpha value is -2.82. The first-order chi connectivity index (χ1) is 13.0. The Morgan fingerprint density at radius 3 is 2.52 bits per heavy atom. The highest BCUT2D eigenvalue weighted by Crippen LogP contribution is 2.27. The molecule has 2 aromatic rings. The van der Waals surface area contributed by atoms with Crippen LogP contribution in [0, 0.1) is 5.92 Å². The van der Waals surface area contributed by atoms with Gasteiger partial charge in [0.25, 0.3) is 0 Å². The summed E-state index contributed by atoms with van der Waals surface area (Å²) in [7, 11) is 0. The van der Waals surface area contributed by atoms with Crippen molar-refractivity contribution >= 4 is 17.5 Å². The Bertz CT molecular complexity index is 772. The molecule has 1 fully saturated rings. The monoisotopic (exact) mass is 366 g/mol. The Morgan fingerprint density at radius 1 is 1.15 bits per heavy atom. The Morgan fingerprint density at radius 2 is 1.85 bits per heavy atom. The first kappa shape index (κ1) is 19.0. The molecule has 142 valence electrons. The lowest BCUT2D eigenvalue weighted by atomic mass is 10.1. The van der Waals surface area contributed by atoms with Crippen molar-refractivity contribution in [3.05, 3.63) is 60.2 Å². The van der Waals surface area contributed by atoms with Crippen LogP contribution in [0.4, 0.5) is 5.69 Å². The van der Waals surface area contributed by atoms with Gasteiger partial charge in [-0.15, -0.1) is 0 Å². The third kappa shape index (κ3) is 5.09. The summed E-state index contributed by atoms with van der Waals surface area (Å²) >= 11 is 0. The smallest absolute Gasteiger partial charge is 0.227 e. The quantitative estimate of drug-likeness (QED) is 0.819. The van der Waals surface area contributed by atoms with Crippen LogP contribution in [0.15, 0.2) is 54.6 Å². The average molecular weight is 366 g/mol.